The predicted molar refractivity (Wildman–Crippen MR) is 87.3 cm³/mol. The number of carbonyl (C=O) groups excluding carboxylic acids is 1. The van der Waals surface area contributed by atoms with E-state index in [1.807, 2.05) is 27.5 Å². The van der Waals surface area contributed by atoms with Crippen molar-refractivity contribution in [3.8, 4) is 0 Å². The molecule has 2 nitrogen and oxygen atoms in total. The number of carbonyl (C=O) groups is 1. The van der Waals surface area contributed by atoms with E-state index in [-0.39, 0.29) is 11.7 Å². The molecule has 0 N–H and O–H groups in total. The summed E-state index contributed by atoms with van der Waals surface area (Å²) in [5.41, 5.74) is 1.03. The van der Waals surface area contributed by atoms with Gasteiger partial charge < -0.3 is 4.90 Å². The molecule has 0 atom stereocenters. The maximum Gasteiger partial charge on any atom is 0.254 e. The lowest BCUT2D eigenvalue weighted by Crippen LogP contribution is -2.43. The van der Waals surface area contributed by atoms with Gasteiger partial charge in [0.15, 0.2) is 0 Å². The maximum atomic E-state index is 13.1. The van der Waals surface area contributed by atoms with Gasteiger partial charge in [-0.15, -0.1) is 0 Å². The SMILES string of the molecule is CCC1(CC)CCN(C(=O)c2ccc(F)cc2I)CC1. The Bertz CT molecular complexity index is 489. The van der Waals surface area contributed by atoms with Crippen LogP contribution in [0.3, 0.4) is 0 Å². The van der Waals surface area contributed by atoms with Crippen molar-refractivity contribution in [2.45, 2.75) is 39.5 Å². The number of hydrogen-bond acceptors (Lipinski definition) is 1. The number of benzene rings is 1. The predicted octanol–water partition coefficient (Wildman–Crippen LogP) is 4.47. The van der Waals surface area contributed by atoms with E-state index in [4.69, 9.17) is 0 Å². The topological polar surface area (TPSA) is 20.3 Å². The van der Waals surface area contributed by atoms with E-state index < -0.39 is 0 Å². The van der Waals surface area contributed by atoms with Crippen molar-refractivity contribution < 1.29 is 9.18 Å². The van der Waals surface area contributed by atoms with Gasteiger partial charge in [0, 0.05) is 16.7 Å². The van der Waals surface area contributed by atoms with E-state index in [0.717, 1.165) is 25.9 Å². The second-order valence-corrected chi connectivity index (χ2v) is 6.79. The molecule has 1 saturated heterocycles. The van der Waals surface area contributed by atoms with Gasteiger partial charge in [-0.25, -0.2) is 4.39 Å². The van der Waals surface area contributed by atoms with Crippen LogP contribution in [0.1, 0.15) is 49.9 Å². The molecular weight excluding hydrogens is 368 g/mol. The first-order valence-corrected chi connectivity index (χ1v) is 8.33. The molecule has 1 aromatic rings. The monoisotopic (exact) mass is 389 g/mol. The second kappa shape index (κ2) is 6.41. The van der Waals surface area contributed by atoms with Crippen molar-refractivity contribution in [2.75, 3.05) is 13.1 Å². The van der Waals surface area contributed by atoms with Gasteiger partial charge in [0.25, 0.3) is 5.91 Å². The number of nitrogens with zero attached hydrogens (tertiary/aromatic N) is 1. The lowest BCUT2D eigenvalue weighted by Gasteiger charge is -2.41. The Morgan fingerprint density at radius 2 is 1.90 bits per heavy atom. The summed E-state index contributed by atoms with van der Waals surface area (Å²) in [6.45, 7) is 6.11. The molecule has 1 fully saturated rings. The summed E-state index contributed by atoms with van der Waals surface area (Å²) in [5.74, 6) is -0.254. The third-order valence-electron chi connectivity index (χ3n) is 4.77. The Morgan fingerprint density at radius 1 is 1.30 bits per heavy atom. The number of halogens is 2. The zero-order valence-electron chi connectivity index (χ0n) is 12.1. The minimum atomic E-state index is -0.291. The Balaban J connectivity index is 2.09. The highest BCUT2D eigenvalue weighted by Gasteiger charge is 2.33. The number of rotatable bonds is 3. The molecule has 0 bridgehead atoms. The normalized spacial score (nSPS) is 18.1. The van der Waals surface area contributed by atoms with Gasteiger partial charge in [-0.2, -0.15) is 0 Å². The Morgan fingerprint density at radius 3 is 2.40 bits per heavy atom. The fourth-order valence-electron chi connectivity index (χ4n) is 2.97. The summed E-state index contributed by atoms with van der Waals surface area (Å²) in [5, 5.41) is 0. The molecule has 1 aliphatic heterocycles. The van der Waals surface area contributed by atoms with E-state index >= 15 is 0 Å². The molecule has 2 rings (SSSR count). The van der Waals surface area contributed by atoms with E-state index in [2.05, 4.69) is 13.8 Å². The van der Waals surface area contributed by atoms with Crippen molar-refractivity contribution in [2.24, 2.45) is 5.41 Å². The Labute approximate surface area is 133 Å². The third kappa shape index (κ3) is 3.15. The molecule has 0 unspecified atom stereocenters. The van der Waals surface area contributed by atoms with E-state index in [9.17, 15) is 9.18 Å². The molecule has 1 heterocycles. The smallest absolute Gasteiger partial charge is 0.254 e. The molecule has 0 spiro atoms. The highest BCUT2D eigenvalue weighted by molar-refractivity contribution is 14.1. The van der Waals surface area contributed by atoms with E-state index in [1.165, 1.54) is 25.0 Å². The summed E-state index contributed by atoms with van der Waals surface area (Å²) in [7, 11) is 0. The van der Waals surface area contributed by atoms with Gasteiger partial charge in [-0.1, -0.05) is 26.7 Å². The lowest BCUT2D eigenvalue weighted by atomic mass is 9.74. The largest absolute Gasteiger partial charge is 0.339 e. The first-order chi connectivity index (χ1) is 9.51. The summed E-state index contributed by atoms with van der Waals surface area (Å²) in [6.07, 6.45) is 4.51. The molecule has 1 aliphatic rings. The standard InChI is InChI=1S/C16H21FINO/c1-3-16(4-2)7-9-19(10-8-16)15(20)13-6-5-12(17)11-14(13)18/h5-6,11H,3-4,7-10H2,1-2H3. The van der Waals surface area contributed by atoms with Gasteiger partial charge >= 0.3 is 0 Å². The van der Waals surface area contributed by atoms with Gasteiger partial charge in [0.2, 0.25) is 0 Å². The summed E-state index contributed by atoms with van der Waals surface area (Å²) < 4.78 is 13.8. The average molecular weight is 389 g/mol. The summed E-state index contributed by atoms with van der Waals surface area (Å²) >= 11 is 2.03. The number of hydrogen-bond donors (Lipinski definition) is 0. The zero-order chi connectivity index (χ0) is 14.8. The molecule has 0 aliphatic carbocycles. The van der Waals surface area contributed by atoms with Crippen molar-refractivity contribution in [1.29, 1.82) is 0 Å². The number of piperidine rings is 1. The second-order valence-electron chi connectivity index (χ2n) is 5.62. The molecule has 20 heavy (non-hydrogen) atoms. The lowest BCUT2D eigenvalue weighted by molar-refractivity contribution is 0.0557. The molecule has 0 radical (unpaired) electrons. The van der Waals surface area contributed by atoms with Crippen molar-refractivity contribution in [3.63, 3.8) is 0 Å². The van der Waals surface area contributed by atoms with Gasteiger partial charge in [0.1, 0.15) is 5.82 Å². The van der Waals surface area contributed by atoms with Crippen LogP contribution >= 0.6 is 22.6 Å². The van der Waals surface area contributed by atoms with Crippen molar-refractivity contribution >= 4 is 28.5 Å². The fraction of sp³-hybridized carbons (Fsp3) is 0.562. The van der Waals surface area contributed by atoms with Crippen LogP contribution in [0.2, 0.25) is 0 Å². The molecule has 1 aromatic carbocycles. The van der Waals surface area contributed by atoms with Crippen LogP contribution in [-0.4, -0.2) is 23.9 Å². The van der Waals surface area contributed by atoms with E-state index in [1.54, 1.807) is 6.07 Å². The van der Waals surface area contributed by atoms with Crippen LogP contribution in [0, 0.1) is 14.8 Å². The van der Waals surface area contributed by atoms with E-state index in [0.29, 0.717) is 14.5 Å². The maximum absolute atomic E-state index is 13.1. The van der Waals surface area contributed by atoms with Gasteiger partial charge in [-0.3, -0.25) is 4.79 Å². The molecule has 0 aromatic heterocycles. The zero-order valence-corrected chi connectivity index (χ0v) is 14.2. The number of likely N-dealkylation sites (tertiary alicyclic amines) is 1. The molecule has 1 amide bonds. The van der Waals surface area contributed by atoms with Crippen molar-refractivity contribution in [1.82, 2.24) is 4.90 Å². The van der Waals surface area contributed by atoms with Crippen LogP contribution in [0.4, 0.5) is 4.39 Å². The quantitative estimate of drug-likeness (QED) is 0.699. The summed E-state index contributed by atoms with van der Waals surface area (Å²) in [6, 6.07) is 4.38. The molecule has 0 saturated carbocycles. The minimum Gasteiger partial charge on any atom is -0.339 e. The van der Waals surface area contributed by atoms with Gasteiger partial charge in [-0.05, 0) is 59.0 Å². The third-order valence-corrected chi connectivity index (χ3v) is 5.67. The van der Waals surface area contributed by atoms with Crippen LogP contribution in [0.25, 0.3) is 0 Å². The first-order valence-electron chi connectivity index (χ1n) is 7.25. The Kier molecular flexibility index (Phi) is 5.04. The highest BCUT2D eigenvalue weighted by atomic mass is 127. The number of amides is 1. The molecular formula is C16H21FINO. The highest BCUT2D eigenvalue weighted by Crippen LogP contribution is 2.38. The fourth-order valence-corrected chi connectivity index (χ4v) is 3.68. The summed E-state index contributed by atoms with van der Waals surface area (Å²) in [4.78, 5) is 14.4. The Hall–Kier alpha value is -0.650. The van der Waals surface area contributed by atoms with Gasteiger partial charge in [0.05, 0.1) is 5.56 Å². The van der Waals surface area contributed by atoms with Crippen LogP contribution in [0.15, 0.2) is 18.2 Å². The first kappa shape index (κ1) is 15.7. The molecule has 110 valence electrons. The van der Waals surface area contributed by atoms with Crippen LogP contribution in [-0.2, 0) is 0 Å². The van der Waals surface area contributed by atoms with Crippen LogP contribution in [0.5, 0.6) is 0 Å². The molecule has 4 heteroatoms. The average Bonchev–Trinajstić information content (AvgIpc) is 2.47. The van der Waals surface area contributed by atoms with Crippen molar-refractivity contribution in [3.05, 3.63) is 33.1 Å². The van der Waals surface area contributed by atoms with Crippen LogP contribution < -0.4 is 0 Å². The minimum absolute atomic E-state index is 0.0372.